The maximum atomic E-state index is 5.94. The normalized spacial score (nSPS) is 22.2. The van der Waals surface area contributed by atoms with Crippen LogP contribution in [0.1, 0.15) is 66.5 Å². The molecule has 0 unspecified atom stereocenters. The molecule has 0 N–H and O–H groups in total. The van der Waals surface area contributed by atoms with Gasteiger partial charge in [-0.25, -0.2) is 0 Å². The SMILES string of the molecule is CC(C)(C)C/C=C/c1ccc(OC2CC(OC(C)(C)C)C2)cn1. The van der Waals surface area contributed by atoms with Crippen molar-refractivity contribution in [1.82, 2.24) is 4.98 Å². The lowest BCUT2D eigenvalue weighted by atomic mass is 9.91. The molecule has 128 valence electrons. The van der Waals surface area contributed by atoms with Gasteiger partial charge >= 0.3 is 0 Å². The third-order valence-corrected chi connectivity index (χ3v) is 3.65. The number of pyridine rings is 1. The van der Waals surface area contributed by atoms with Crippen molar-refractivity contribution in [2.75, 3.05) is 0 Å². The van der Waals surface area contributed by atoms with Crippen LogP contribution in [0.15, 0.2) is 24.4 Å². The van der Waals surface area contributed by atoms with Crippen molar-refractivity contribution in [2.45, 2.75) is 78.6 Å². The monoisotopic (exact) mass is 317 g/mol. The molecule has 1 aliphatic rings. The average Bonchev–Trinajstić information content (AvgIpc) is 2.35. The van der Waals surface area contributed by atoms with E-state index in [0.717, 1.165) is 30.7 Å². The van der Waals surface area contributed by atoms with E-state index in [9.17, 15) is 0 Å². The van der Waals surface area contributed by atoms with Gasteiger partial charge in [0.2, 0.25) is 0 Å². The number of nitrogens with zero attached hydrogens (tertiary/aromatic N) is 1. The highest BCUT2D eigenvalue weighted by atomic mass is 16.5. The third kappa shape index (κ3) is 6.74. The Morgan fingerprint density at radius 1 is 1.09 bits per heavy atom. The quantitative estimate of drug-likeness (QED) is 0.742. The predicted octanol–water partition coefficient (Wildman–Crippen LogP) is 5.26. The summed E-state index contributed by atoms with van der Waals surface area (Å²) < 4.78 is 11.9. The van der Waals surface area contributed by atoms with Crippen molar-refractivity contribution in [3.8, 4) is 5.75 Å². The Bertz CT molecular complexity index is 514. The van der Waals surface area contributed by atoms with Crippen LogP contribution in [0.25, 0.3) is 6.08 Å². The molecule has 0 bridgehead atoms. The van der Waals surface area contributed by atoms with E-state index in [1.807, 2.05) is 18.3 Å². The van der Waals surface area contributed by atoms with Gasteiger partial charge in [0.25, 0.3) is 0 Å². The summed E-state index contributed by atoms with van der Waals surface area (Å²) in [5.74, 6) is 0.845. The number of aromatic nitrogens is 1. The molecule has 0 amide bonds. The first-order valence-electron chi connectivity index (χ1n) is 8.58. The fourth-order valence-corrected chi connectivity index (χ4v) is 2.50. The molecule has 3 nitrogen and oxygen atoms in total. The molecule has 0 saturated heterocycles. The minimum absolute atomic E-state index is 0.0712. The molecule has 1 aromatic rings. The summed E-state index contributed by atoms with van der Waals surface area (Å²) in [5.41, 5.74) is 1.22. The Hall–Kier alpha value is -1.35. The smallest absolute Gasteiger partial charge is 0.138 e. The Morgan fingerprint density at radius 3 is 2.30 bits per heavy atom. The lowest BCUT2D eigenvalue weighted by Crippen LogP contribution is -2.43. The van der Waals surface area contributed by atoms with Gasteiger partial charge in [-0.3, -0.25) is 4.98 Å². The molecule has 23 heavy (non-hydrogen) atoms. The molecule has 0 aliphatic heterocycles. The molecule has 0 atom stereocenters. The fourth-order valence-electron chi connectivity index (χ4n) is 2.50. The van der Waals surface area contributed by atoms with E-state index in [0.29, 0.717) is 11.5 Å². The minimum Gasteiger partial charge on any atom is -0.489 e. The second-order valence-corrected chi connectivity index (χ2v) is 8.65. The van der Waals surface area contributed by atoms with E-state index in [2.05, 4.69) is 58.7 Å². The number of allylic oxidation sites excluding steroid dienone is 1. The van der Waals surface area contributed by atoms with Crippen molar-refractivity contribution in [2.24, 2.45) is 5.41 Å². The second-order valence-electron chi connectivity index (χ2n) is 8.65. The molecule has 1 saturated carbocycles. The van der Waals surface area contributed by atoms with E-state index in [-0.39, 0.29) is 11.7 Å². The van der Waals surface area contributed by atoms with E-state index in [4.69, 9.17) is 9.47 Å². The summed E-state index contributed by atoms with van der Waals surface area (Å²) in [6.07, 6.45) is 9.63. The van der Waals surface area contributed by atoms with Crippen LogP contribution in [0, 0.1) is 5.41 Å². The summed E-state index contributed by atoms with van der Waals surface area (Å²) in [5, 5.41) is 0. The van der Waals surface area contributed by atoms with Gasteiger partial charge in [0.15, 0.2) is 0 Å². The van der Waals surface area contributed by atoms with E-state index in [1.165, 1.54) is 0 Å². The highest BCUT2D eigenvalue weighted by Gasteiger charge is 2.34. The maximum Gasteiger partial charge on any atom is 0.138 e. The zero-order valence-corrected chi connectivity index (χ0v) is 15.4. The molecule has 0 aromatic carbocycles. The molecule has 1 aromatic heterocycles. The van der Waals surface area contributed by atoms with Crippen molar-refractivity contribution >= 4 is 6.08 Å². The first-order valence-corrected chi connectivity index (χ1v) is 8.58. The van der Waals surface area contributed by atoms with E-state index < -0.39 is 0 Å². The van der Waals surface area contributed by atoms with E-state index in [1.54, 1.807) is 0 Å². The lowest BCUT2D eigenvalue weighted by Gasteiger charge is -2.39. The Morgan fingerprint density at radius 2 is 1.78 bits per heavy atom. The number of hydrogen-bond acceptors (Lipinski definition) is 3. The molecular weight excluding hydrogens is 286 g/mol. The van der Waals surface area contributed by atoms with Crippen LogP contribution < -0.4 is 4.74 Å². The summed E-state index contributed by atoms with van der Waals surface area (Å²) >= 11 is 0. The van der Waals surface area contributed by atoms with Gasteiger partial charge in [-0.05, 0) is 50.8 Å². The van der Waals surface area contributed by atoms with Crippen LogP contribution in [0.4, 0.5) is 0 Å². The maximum absolute atomic E-state index is 5.94. The van der Waals surface area contributed by atoms with Crippen LogP contribution in [-0.4, -0.2) is 22.8 Å². The zero-order chi connectivity index (χ0) is 17.1. The summed E-state index contributed by atoms with van der Waals surface area (Å²) in [6, 6.07) is 4.01. The van der Waals surface area contributed by atoms with Gasteiger partial charge in [-0.2, -0.15) is 0 Å². The Labute approximate surface area is 141 Å². The van der Waals surface area contributed by atoms with Gasteiger partial charge in [0.05, 0.1) is 23.6 Å². The van der Waals surface area contributed by atoms with Gasteiger partial charge in [0.1, 0.15) is 11.9 Å². The molecule has 1 aliphatic carbocycles. The first-order chi connectivity index (χ1) is 10.6. The molecule has 2 rings (SSSR count). The van der Waals surface area contributed by atoms with Crippen molar-refractivity contribution < 1.29 is 9.47 Å². The van der Waals surface area contributed by atoms with Crippen LogP contribution in [0.2, 0.25) is 0 Å². The highest BCUT2D eigenvalue weighted by molar-refractivity contribution is 5.45. The minimum atomic E-state index is -0.0712. The second kappa shape index (κ2) is 7.04. The van der Waals surface area contributed by atoms with Gasteiger partial charge in [-0.1, -0.05) is 26.8 Å². The summed E-state index contributed by atoms with van der Waals surface area (Å²) in [7, 11) is 0. The van der Waals surface area contributed by atoms with E-state index >= 15 is 0 Å². The average molecular weight is 317 g/mol. The highest BCUT2D eigenvalue weighted by Crippen LogP contribution is 2.31. The molecule has 3 heteroatoms. The molecular formula is C20H31NO2. The molecule has 1 heterocycles. The molecule has 0 radical (unpaired) electrons. The van der Waals surface area contributed by atoms with Crippen molar-refractivity contribution in [1.29, 1.82) is 0 Å². The Kier molecular flexibility index (Phi) is 5.51. The number of ether oxygens (including phenoxy) is 2. The zero-order valence-electron chi connectivity index (χ0n) is 15.4. The topological polar surface area (TPSA) is 31.4 Å². The fraction of sp³-hybridized carbons (Fsp3) is 0.650. The van der Waals surface area contributed by atoms with Crippen LogP contribution in [-0.2, 0) is 4.74 Å². The molecule has 0 spiro atoms. The van der Waals surface area contributed by atoms with Gasteiger partial charge in [0, 0.05) is 12.8 Å². The number of rotatable bonds is 5. The lowest BCUT2D eigenvalue weighted by molar-refractivity contribution is -0.126. The number of hydrogen-bond donors (Lipinski definition) is 0. The van der Waals surface area contributed by atoms with Crippen molar-refractivity contribution in [3.63, 3.8) is 0 Å². The standard InChI is InChI=1S/C20H31NO2/c1-19(2,3)11-7-8-15-9-10-16(14-21-15)22-17-12-18(13-17)23-20(4,5)6/h7-10,14,17-18H,11-13H2,1-6H3/b8-7+. The van der Waals surface area contributed by atoms with Crippen LogP contribution >= 0.6 is 0 Å². The first kappa shape index (κ1) is 18.0. The molecule has 1 fully saturated rings. The summed E-state index contributed by atoms with van der Waals surface area (Å²) in [6.45, 7) is 13.0. The third-order valence-electron chi connectivity index (χ3n) is 3.65. The predicted molar refractivity (Wildman–Crippen MR) is 95.6 cm³/mol. The van der Waals surface area contributed by atoms with Crippen LogP contribution in [0.5, 0.6) is 5.75 Å². The van der Waals surface area contributed by atoms with Crippen LogP contribution in [0.3, 0.4) is 0 Å². The van der Waals surface area contributed by atoms with Gasteiger partial charge < -0.3 is 9.47 Å². The summed E-state index contributed by atoms with van der Waals surface area (Å²) in [4.78, 5) is 4.45. The largest absolute Gasteiger partial charge is 0.489 e. The van der Waals surface area contributed by atoms with Gasteiger partial charge in [-0.15, -0.1) is 0 Å². The Balaban J connectivity index is 1.76. The van der Waals surface area contributed by atoms with Crippen molar-refractivity contribution in [3.05, 3.63) is 30.1 Å².